The number of aryl methyl sites for hydroxylation is 1. The van der Waals surface area contributed by atoms with Crippen molar-refractivity contribution in [3.05, 3.63) is 59.7 Å². The molecule has 0 atom stereocenters. The van der Waals surface area contributed by atoms with Crippen LogP contribution in [-0.2, 0) is 48.6 Å². The average molecular weight is 882 g/mol. The summed E-state index contributed by atoms with van der Waals surface area (Å²) in [7, 11) is -7.42. The quantitative estimate of drug-likeness (QED) is 0.0502. The molecule has 4 aromatic rings. The zero-order valence-corrected chi connectivity index (χ0v) is 34.2. The zero-order chi connectivity index (χ0) is 41.4. The first kappa shape index (κ1) is 45.1. The Morgan fingerprint density at radius 2 is 1.53 bits per heavy atom. The number of H-pyrrole nitrogens is 1. The molecule has 0 saturated heterocycles. The molecule has 2 aromatic carbocycles. The molecule has 17 nitrogen and oxygen atoms in total. The van der Waals surface area contributed by atoms with Gasteiger partial charge in [0.15, 0.2) is 5.78 Å². The number of ketones is 1. The number of nitrogens with zero attached hydrogens (tertiary/aromatic N) is 9. The molecule has 23 heteroatoms. The number of halogens is 3. The summed E-state index contributed by atoms with van der Waals surface area (Å²) in [5.74, 6) is -0.0441. The van der Waals surface area contributed by atoms with Crippen LogP contribution in [0.2, 0.25) is 0 Å². The van der Waals surface area contributed by atoms with Gasteiger partial charge >= 0.3 is 6.30 Å². The van der Waals surface area contributed by atoms with Crippen LogP contribution in [0, 0.1) is 0 Å². The van der Waals surface area contributed by atoms with Gasteiger partial charge in [-0.05, 0) is 80.3 Å². The number of imidazole rings is 2. The van der Waals surface area contributed by atoms with Crippen molar-refractivity contribution in [3.63, 3.8) is 0 Å². The molecule has 0 spiro atoms. The van der Waals surface area contributed by atoms with Crippen molar-refractivity contribution in [1.29, 1.82) is 0 Å². The Bertz CT molecular complexity index is 2410. The van der Waals surface area contributed by atoms with Crippen LogP contribution in [0.25, 0.3) is 0 Å². The van der Waals surface area contributed by atoms with Gasteiger partial charge in [-0.15, -0.1) is 20.5 Å². The zero-order valence-electron chi connectivity index (χ0n) is 31.6. The number of azo groups is 2. The normalized spacial score (nSPS) is 15.9. The van der Waals surface area contributed by atoms with Gasteiger partial charge in [-0.2, -0.15) is 30.0 Å². The van der Waals surface area contributed by atoms with E-state index < -0.39 is 31.4 Å². The molecule has 0 unspecified atom stereocenters. The Hall–Kier alpha value is -4.57. The number of alkyl halides is 3. The molecule has 0 radical (unpaired) electrons. The summed E-state index contributed by atoms with van der Waals surface area (Å²) in [5.41, 5.74) is 1.40. The SMILES string of the molecule is CC(=O)c1cnc(N=Nc2cc3c(cc2S(=O)(=O)O)N(C(F)(F)F)CCC3)[nH]1.CC(C)n1ccnc1N=Nc1cc2c(cc1S(=O)(=O)O)N(C)CCCC2(C)C.[Ni]. The Labute approximate surface area is 337 Å². The van der Waals surface area contributed by atoms with Crippen molar-refractivity contribution in [2.45, 2.75) is 87.9 Å². The van der Waals surface area contributed by atoms with Crippen molar-refractivity contribution >= 4 is 60.7 Å². The fourth-order valence-corrected chi connectivity index (χ4v) is 7.64. The Kier molecular flexibility index (Phi) is 13.6. The minimum absolute atomic E-state index is 0. The Morgan fingerprint density at radius 3 is 2.11 bits per heavy atom. The first-order valence-electron chi connectivity index (χ1n) is 17.3. The first-order valence-corrected chi connectivity index (χ1v) is 20.1. The Morgan fingerprint density at radius 1 is 0.912 bits per heavy atom. The van der Waals surface area contributed by atoms with Crippen LogP contribution in [-0.4, -0.2) is 77.7 Å². The summed E-state index contributed by atoms with van der Waals surface area (Å²) in [6, 6.07) is 5.23. The van der Waals surface area contributed by atoms with E-state index in [1.165, 1.54) is 19.2 Å². The number of carbonyl (C=O) groups excluding carboxylic acids is 1. The van der Waals surface area contributed by atoms with E-state index in [0.29, 0.717) is 5.95 Å². The molecule has 2 aromatic heterocycles. The van der Waals surface area contributed by atoms with Gasteiger partial charge in [0.05, 0.1) is 6.20 Å². The van der Waals surface area contributed by atoms with E-state index >= 15 is 0 Å². The van der Waals surface area contributed by atoms with Crippen molar-refractivity contribution < 1.29 is 60.4 Å². The maximum atomic E-state index is 13.2. The number of nitrogens with one attached hydrogen (secondary N) is 1. The van der Waals surface area contributed by atoms with Crippen LogP contribution in [0.5, 0.6) is 0 Å². The van der Waals surface area contributed by atoms with Crippen molar-refractivity contribution in [2.75, 3.05) is 29.9 Å². The van der Waals surface area contributed by atoms with E-state index in [-0.39, 0.29) is 97.2 Å². The van der Waals surface area contributed by atoms with Gasteiger partial charge in [0, 0.05) is 73.4 Å². The third kappa shape index (κ3) is 10.5. The maximum Gasteiger partial charge on any atom is 0.484 e. The third-order valence-corrected chi connectivity index (χ3v) is 11.1. The molecule has 3 N–H and O–H groups in total. The molecular weight excluding hydrogens is 840 g/mol. The molecule has 57 heavy (non-hydrogen) atoms. The molecule has 4 heterocycles. The minimum Gasteiger partial charge on any atom is -0.374 e. The van der Waals surface area contributed by atoms with Gasteiger partial charge in [0.2, 0.25) is 11.9 Å². The molecule has 2 aliphatic rings. The van der Waals surface area contributed by atoms with Crippen LogP contribution in [0.15, 0.2) is 73.1 Å². The number of Topliss-reactive ketones (excluding diaryl/α,β-unsaturated/α-hetero) is 1. The standard InChI is InChI=1S/C19H27N5O3S.C15H14F3N5O4S.Ni/c1-13(2)24-10-8-20-18(24)22-21-15-11-14-16(12-17(15)28(25,26)27)23(5)9-6-7-19(14,3)4;1-8(24)11-7-19-14(20-11)22-21-10-5-9-3-2-4-23(15(16,17)18)12(9)6-13(10)28(25,26)27;/h8,10-13H,6-7,9H2,1-5H3,(H,25,26,27);5-7H,2-4H2,1H3,(H,19,20)(H,25,26,27);. The molecule has 0 bridgehead atoms. The van der Waals surface area contributed by atoms with Crippen molar-refractivity contribution in [1.82, 2.24) is 19.5 Å². The van der Waals surface area contributed by atoms with E-state index in [4.69, 9.17) is 0 Å². The number of benzene rings is 2. The van der Waals surface area contributed by atoms with Gasteiger partial charge in [-0.1, -0.05) is 13.8 Å². The summed E-state index contributed by atoms with van der Waals surface area (Å²) in [6.45, 7) is 10.0. The molecule has 0 amide bonds. The first-order chi connectivity index (χ1) is 26.0. The minimum atomic E-state index is -4.88. The van der Waals surface area contributed by atoms with Crippen LogP contribution in [0.4, 0.5) is 47.8 Å². The van der Waals surface area contributed by atoms with Crippen LogP contribution in [0.1, 0.15) is 81.5 Å². The Balaban J connectivity index is 0.000000248. The summed E-state index contributed by atoms with van der Waals surface area (Å²) in [4.78, 5) is 22.8. The maximum absolute atomic E-state index is 13.2. The number of aromatic nitrogens is 4. The number of hydrogen-bond donors (Lipinski definition) is 3. The molecule has 0 saturated carbocycles. The average Bonchev–Trinajstić information content (AvgIpc) is 3.76. The van der Waals surface area contributed by atoms with Gasteiger partial charge in [-0.3, -0.25) is 18.8 Å². The van der Waals surface area contributed by atoms with Gasteiger partial charge in [0.25, 0.3) is 20.2 Å². The molecule has 0 fully saturated rings. The smallest absolute Gasteiger partial charge is 0.374 e. The van der Waals surface area contributed by atoms with Crippen LogP contribution in [0.3, 0.4) is 0 Å². The van der Waals surface area contributed by atoms with Gasteiger partial charge in [-0.25, -0.2) is 9.97 Å². The van der Waals surface area contributed by atoms with Crippen LogP contribution >= 0.6 is 0 Å². The molecule has 2 aliphatic heterocycles. The van der Waals surface area contributed by atoms with E-state index in [9.17, 15) is 43.9 Å². The number of fused-ring (bicyclic) bond motifs is 2. The van der Waals surface area contributed by atoms with Gasteiger partial charge < -0.3 is 14.5 Å². The van der Waals surface area contributed by atoms with E-state index in [2.05, 4.69) is 49.3 Å². The van der Waals surface area contributed by atoms with E-state index in [1.807, 2.05) is 30.4 Å². The summed E-state index contributed by atoms with van der Waals surface area (Å²) < 4.78 is 108. The number of aromatic amines is 1. The molecule has 312 valence electrons. The number of rotatable bonds is 8. The second-order valence-electron chi connectivity index (χ2n) is 14.2. The van der Waals surface area contributed by atoms with Crippen molar-refractivity contribution in [3.8, 4) is 0 Å². The largest absolute Gasteiger partial charge is 0.484 e. The van der Waals surface area contributed by atoms with Gasteiger partial charge in [0.1, 0.15) is 26.9 Å². The second kappa shape index (κ2) is 17.1. The van der Waals surface area contributed by atoms with Crippen LogP contribution < -0.4 is 9.80 Å². The van der Waals surface area contributed by atoms with Crippen molar-refractivity contribution in [2.24, 2.45) is 20.5 Å². The fraction of sp³-hybridized carbons (Fsp3) is 0.441. The van der Waals surface area contributed by atoms with E-state index in [1.54, 1.807) is 18.5 Å². The molecule has 6 rings (SSSR count). The summed E-state index contributed by atoms with van der Waals surface area (Å²) in [6.07, 6.45) is 2.33. The number of anilines is 2. The monoisotopic (exact) mass is 880 g/mol. The number of hydrogen-bond acceptors (Lipinski definition) is 13. The summed E-state index contributed by atoms with van der Waals surface area (Å²) in [5, 5.41) is 15.7. The molecule has 0 aliphatic carbocycles. The second-order valence-corrected chi connectivity index (χ2v) is 17.0. The molecular formula is C34H41F3N10NiO7S2. The topological polar surface area (TPSA) is 228 Å². The predicted molar refractivity (Wildman–Crippen MR) is 199 cm³/mol. The fourth-order valence-electron chi connectivity index (χ4n) is 6.39. The summed E-state index contributed by atoms with van der Waals surface area (Å²) >= 11 is 0. The number of carbonyl (C=O) groups is 1. The predicted octanol–water partition coefficient (Wildman–Crippen LogP) is 8.18. The van der Waals surface area contributed by atoms with E-state index in [0.717, 1.165) is 42.8 Å². The third-order valence-electron chi connectivity index (χ3n) is 9.30.